The lowest BCUT2D eigenvalue weighted by molar-refractivity contribution is -0.137. The van der Waals surface area contributed by atoms with Crippen molar-refractivity contribution in [2.45, 2.75) is 6.18 Å². The van der Waals surface area contributed by atoms with Gasteiger partial charge in [0.25, 0.3) is 0 Å². The highest BCUT2D eigenvalue weighted by molar-refractivity contribution is 5.85. The molecule has 0 bridgehead atoms. The summed E-state index contributed by atoms with van der Waals surface area (Å²) in [6.45, 7) is 0. The molecule has 1 N–H and O–H groups in total. The second-order valence-corrected chi connectivity index (χ2v) is 3.09. The van der Waals surface area contributed by atoms with Gasteiger partial charge in [0.1, 0.15) is 0 Å². The van der Waals surface area contributed by atoms with Crippen LogP contribution in [0.25, 0.3) is 6.08 Å². The second kappa shape index (κ2) is 4.70. The fourth-order valence-electron chi connectivity index (χ4n) is 1.17. The number of alkyl halides is 3. The Morgan fingerprint density at radius 1 is 1.41 bits per heavy atom. The average molecular weight is 241 g/mol. The molecule has 1 rings (SSSR count). The van der Waals surface area contributed by atoms with E-state index < -0.39 is 23.3 Å². The minimum absolute atomic E-state index is 0.0683. The predicted octanol–water partition coefficient (Wildman–Crippen LogP) is 2.67. The fraction of sp³-hybridized carbons (Fsp3) is 0.0909. The highest BCUT2D eigenvalue weighted by Gasteiger charge is 2.33. The van der Waals surface area contributed by atoms with Gasteiger partial charge in [0.05, 0.1) is 17.2 Å². The van der Waals surface area contributed by atoms with Crippen molar-refractivity contribution in [1.29, 1.82) is 5.26 Å². The van der Waals surface area contributed by atoms with E-state index in [-0.39, 0.29) is 5.56 Å². The fourth-order valence-corrected chi connectivity index (χ4v) is 1.17. The molecule has 6 heteroatoms. The minimum atomic E-state index is -4.64. The molecular weight excluding hydrogens is 235 g/mol. The quantitative estimate of drug-likeness (QED) is 0.809. The van der Waals surface area contributed by atoms with E-state index in [9.17, 15) is 18.0 Å². The third kappa shape index (κ3) is 3.34. The first kappa shape index (κ1) is 12.8. The molecule has 0 fully saturated rings. The van der Waals surface area contributed by atoms with Gasteiger partial charge in [-0.2, -0.15) is 18.4 Å². The third-order valence-corrected chi connectivity index (χ3v) is 1.89. The molecule has 0 spiro atoms. The topological polar surface area (TPSA) is 61.1 Å². The van der Waals surface area contributed by atoms with E-state index >= 15 is 0 Å². The van der Waals surface area contributed by atoms with E-state index in [1.807, 2.05) is 0 Å². The van der Waals surface area contributed by atoms with Gasteiger partial charge in [-0.1, -0.05) is 6.07 Å². The van der Waals surface area contributed by atoms with Crippen LogP contribution in [0.1, 0.15) is 16.7 Å². The zero-order chi connectivity index (χ0) is 13.1. The monoisotopic (exact) mass is 241 g/mol. The number of hydrogen-bond acceptors (Lipinski definition) is 2. The molecule has 0 saturated carbocycles. The Kier molecular flexibility index (Phi) is 3.53. The van der Waals surface area contributed by atoms with Crippen LogP contribution >= 0.6 is 0 Å². The Morgan fingerprint density at radius 2 is 2.06 bits per heavy atom. The maximum absolute atomic E-state index is 12.5. The van der Waals surface area contributed by atoms with Gasteiger partial charge in [0, 0.05) is 6.08 Å². The van der Waals surface area contributed by atoms with Crippen LogP contribution in [-0.2, 0) is 11.0 Å². The number of nitriles is 1. The lowest BCUT2D eigenvalue weighted by Crippen LogP contribution is -2.08. The summed E-state index contributed by atoms with van der Waals surface area (Å²) in [6.07, 6.45) is -2.89. The van der Waals surface area contributed by atoms with Crippen LogP contribution in [0.15, 0.2) is 24.3 Å². The van der Waals surface area contributed by atoms with Crippen molar-refractivity contribution >= 4 is 12.0 Å². The maximum atomic E-state index is 12.5. The molecule has 3 nitrogen and oxygen atoms in total. The molecule has 0 aromatic heterocycles. The van der Waals surface area contributed by atoms with E-state index in [0.29, 0.717) is 0 Å². The molecule has 0 radical (unpaired) electrons. The van der Waals surface area contributed by atoms with Crippen LogP contribution in [0.2, 0.25) is 0 Å². The molecule has 0 atom stereocenters. The van der Waals surface area contributed by atoms with Gasteiger partial charge in [0.15, 0.2) is 0 Å². The van der Waals surface area contributed by atoms with Crippen molar-refractivity contribution in [1.82, 2.24) is 0 Å². The average Bonchev–Trinajstić information content (AvgIpc) is 2.24. The molecule has 0 aliphatic heterocycles. The number of benzene rings is 1. The number of carboxylic acid groups (broad SMARTS) is 1. The Labute approximate surface area is 94.4 Å². The van der Waals surface area contributed by atoms with E-state index in [0.717, 1.165) is 24.3 Å². The largest absolute Gasteiger partial charge is 0.478 e. The Morgan fingerprint density at radius 3 is 2.53 bits per heavy atom. The van der Waals surface area contributed by atoms with Gasteiger partial charge in [-0.05, 0) is 23.8 Å². The van der Waals surface area contributed by atoms with E-state index in [1.54, 1.807) is 0 Å². The van der Waals surface area contributed by atoms with Crippen molar-refractivity contribution in [3.63, 3.8) is 0 Å². The molecule has 17 heavy (non-hydrogen) atoms. The Hall–Kier alpha value is -2.29. The third-order valence-electron chi connectivity index (χ3n) is 1.89. The first-order valence-electron chi connectivity index (χ1n) is 4.37. The van der Waals surface area contributed by atoms with Crippen molar-refractivity contribution in [2.24, 2.45) is 0 Å². The lowest BCUT2D eigenvalue weighted by atomic mass is 10.0. The zero-order valence-electron chi connectivity index (χ0n) is 8.32. The predicted molar refractivity (Wildman–Crippen MR) is 52.8 cm³/mol. The molecular formula is C11H6F3NO2. The normalized spacial score (nSPS) is 11.4. The first-order chi connectivity index (χ1) is 7.84. The number of carbonyl (C=O) groups is 1. The molecule has 1 aromatic carbocycles. The molecule has 0 aliphatic rings. The standard InChI is InChI=1S/C11H6F3NO2/c12-11(13,14)9-5-7(2-4-10(16)17)1-3-8(9)6-15/h1-5H,(H,16,17). The van der Waals surface area contributed by atoms with E-state index in [4.69, 9.17) is 10.4 Å². The molecule has 0 saturated heterocycles. The zero-order valence-corrected chi connectivity index (χ0v) is 8.32. The van der Waals surface area contributed by atoms with Crippen LogP contribution < -0.4 is 0 Å². The summed E-state index contributed by atoms with van der Waals surface area (Å²) in [6, 6.07) is 4.42. The van der Waals surface area contributed by atoms with Gasteiger partial charge >= 0.3 is 12.1 Å². The van der Waals surface area contributed by atoms with Crippen LogP contribution in [0.5, 0.6) is 0 Å². The van der Waals surface area contributed by atoms with Gasteiger partial charge < -0.3 is 5.11 Å². The molecule has 0 unspecified atom stereocenters. The van der Waals surface area contributed by atoms with Gasteiger partial charge in [-0.25, -0.2) is 4.79 Å². The van der Waals surface area contributed by atoms with Crippen molar-refractivity contribution in [3.05, 3.63) is 41.0 Å². The summed E-state index contributed by atoms with van der Waals surface area (Å²) in [5.41, 5.74) is -1.50. The highest BCUT2D eigenvalue weighted by atomic mass is 19.4. The van der Waals surface area contributed by atoms with Crippen LogP contribution in [0.3, 0.4) is 0 Å². The van der Waals surface area contributed by atoms with Gasteiger partial charge in [0.2, 0.25) is 0 Å². The summed E-state index contributed by atoms with van der Waals surface area (Å²) in [4.78, 5) is 10.2. The van der Waals surface area contributed by atoms with Crippen LogP contribution in [0.4, 0.5) is 13.2 Å². The van der Waals surface area contributed by atoms with Crippen molar-refractivity contribution in [3.8, 4) is 6.07 Å². The first-order valence-corrected chi connectivity index (χ1v) is 4.37. The number of halogens is 3. The summed E-state index contributed by atoms with van der Waals surface area (Å²) >= 11 is 0. The lowest BCUT2D eigenvalue weighted by Gasteiger charge is -2.09. The Bertz CT molecular complexity index is 512. The molecule has 0 amide bonds. The summed E-state index contributed by atoms with van der Waals surface area (Å²) < 4.78 is 37.6. The Balaban J connectivity index is 3.24. The number of hydrogen-bond donors (Lipinski definition) is 1. The van der Waals surface area contributed by atoms with E-state index in [2.05, 4.69) is 0 Å². The van der Waals surface area contributed by atoms with Crippen molar-refractivity contribution in [2.75, 3.05) is 0 Å². The number of aliphatic carboxylic acids is 1. The van der Waals surface area contributed by atoms with Crippen molar-refractivity contribution < 1.29 is 23.1 Å². The number of carboxylic acids is 1. The van der Waals surface area contributed by atoms with Gasteiger partial charge in [-0.3, -0.25) is 0 Å². The molecule has 1 aromatic rings. The summed E-state index contributed by atoms with van der Waals surface area (Å²) in [7, 11) is 0. The van der Waals surface area contributed by atoms with E-state index in [1.165, 1.54) is 12.1 Å². The molecule has 0 aliphatic carbocycles. The van der Waals surface area contributed by atoms with Crippen LogP contribution in [-0.4, -0.2) is 11.1 Å². The minimum Gasteiger partial charge on any atom is -0.478 e. The summed E-state index contributed by atoms with van der Waals surface area (Å²) in [5, 5.41) is 16.9. The highest BCUT2D eigenvalue weighted by Crippen LogP contribution is 2.32. The maximum Gasteiger partial charge on any atom is 0.417 e. The second-order valence-electron chi connectivity index (χ2n) is 3.09. The van der Waals surface area contributed by atoms with Gasteiger partial charge in [-0.15, -0.1) is 0 Å². The molecule has 0 heterocycles. The van der Waals surface area contributed by atoms with Crippen LogP contribution in [0, 0.1) is 11.3 Å². The molecule has 88 valence electrons. The number of nitrogens with zero attached hydrogens (tertiary/aromatic N) is 1. The summed E-state index contributed by atoms with van der Waals surface area (Å²) in [5.74, 6) is -1.26. The smallest absolute Gasteiger partial charge is 0.417 e. The number of rotatable bonds is 2. The SMILES string of the molecule is N#Cc1ccc(C=CC(=O)O)cc1C(F)(F)F.